The molecule has 20 heavy (non-hydrogen) atoms. The number of carboxylic acid groups (broad SMARTS) is 1. The minimum Gasteiger partial charge on any atom is -0.481 e. The minimum absolute atomic E-state index is 0.128. The number of likely N-dealkylation sites (tertiary alicyclic amines) is 1. The highest BCUT2D eigenvalue weighted by atomic mass is 32.2. The summed E-state index contributed by atoms with van der Waals surface area (Å²) in [6.45, 7) is 4.52. The second-order valence-electron chi connectivity index (χ2n) is 4.82. The van der Waals surface area contributed by atoms with Gasteiger partial charge in [-0.2, -0.15) is 0 Å². The van der Waals surface area contributed by atoms with Crippen LogP contribution < -0.4 is 0 Å². The number of carbonyl (C=O) groups excluding carboxylic acids is 1. The normalized spacial score (nSPS) is 19.6. The van der Waals surface area contributed by atoms with Gasteiger partial charge in [-0.1, -0.05) is 13.8 Å². The van der Waals surface area contributed by atoms with Gasteiger partial charge in [-0.3, -0.25) is 9.59 Å². The van der Waals surface area contributed by atoms with E-state index in [-0.39, 0.29) is 12.5 Å². The predicted molar refractivity (Wildman–Crippen MR) is 73.7 cm³/mol. The molecule has 7 nitrogen and oxygen atoms in total. The summed E-state index contributed by atoms with van der Waals surface area (Å²) >= 11 is 0. The molecule has 1 aliphatic heterocycles. The van der Waals surface area contributed by atoms with E-state index < -0.39 is 27.7 Å². The van der Waals surface area contributed by atoms with Crippen molar-refractivity contribution >= 4 is 21.9 Å². The Kier molecular flexibility index (Phi) is 5.94. The van der Waals surface area contributed by atoms with Crippen LogP contribution in [0.1, 0.15) is 33.1 Å². The second kappa shape index (κ2) is 7.03. The molecule has 1 saturated heterocycles. The first-order chi connectivity index (χ1) is 9.31. The average Bonchev–Trinajstić information content (AvgIpc) is 2.76. The predicted octanol–water partition coefficient (Wildman–Crippen LogP) is 0.124. The molecule has 0 aromatic rings. The quantitative estimate of drug-likeness (QED) is 0.721. The lowest BCUT2D eigenvalue weighted by molar-refractivity contribution is -0.139. The zero-order valence-corrected chi connectivity index (χ0v) is 12.7. The van der Waals surface area contributed by atoms with Gasteiger partial charge in [0.25, 0.3) is 0 Å². The van der Waals surface area contributed by atoms with Gasteiger partial charge in [-0.25, -0.2) is 12.7 Å². The van der Waals surface area contributed by atoms with Crippen LogP contribution in [-0.4, -0.2) is 66.0 Å². The highest BCUT2D eigenvalue weighted by molar-refractivity contribution is 7.89. The second-order valence-corrected chi connectivity index (χ2v) is 6.79. The van der Waals surface area contributed by atoms with Gasteiger partial charge in [0.05, 0.1) is 6.42 Å². The number of carboxylic acids is 1. The van der Waals surface area contributed by atoms with Crippen molar-refractivity contribution in [2.75, 3.05) is 25.4 Å². The molecule has 1 heterocycles. The number of hydrogen-bond donors (Lipinski definition) is 1. The summed E-state index contributed by atoms with van der Waals surface area (Å²) in [6, 6.07) is -0.382. The molecule has 0 aromatic heterocycles. The summed E-state index contributed by atoms with van der Waals surface area (Å²) in [5.74, 6) is -2.05. The van der Waals surface area contributed by atoms with Gasteiger partial charge in [-0.05, 0) is 12.8 Å². The Balaban J connectivity index is 2.72. The average molecular weight is 306 g/mol. The molecule has 0 saturated carbocycles. The lowest BCUT2D eigenvalue weighted by atomic mass is 10.1. The largest absolute Gasteiger partial charge is 0.481 e. The molecule has 0 spiro atoms. The summed E-state index contributed by atoms with van der Waals surface area (Å²) in [4.78, 5) is 24.3. The Hall–Kier alpha value is -1.15. The monoisotopic (exact) mass is 306 g/mol. The number of carbonyl (C=O) groups is 2. The first kappa shape index (κ1) is 16.9. The third-order valence-electron chi connectivity index (χ3n) is 3.51. The van der Waals surface area contributed by atoms with E-state index in [0.717, 1.165) is 6.42 Å². The lowest BCUT2D eigenvalue weighted by Crippen LogP contribution is -2.43. The van der Waals surface area contributed by atoms with Crippen LogP contribution in [0.4, 0.5) is 0 Å². The van der Waals surface area contributed by atoms with Crippen LogP contribution in [-0.2, 0) is 19.6 Å². The third kappa shape index (κ3) is 4.17. The van der Waals surface area contributed by atoms with Crippen LogP contribution in [0, 0.1) is 0 Å². The Bertz CT molecular complexity index is 458. The fraction of sp³-hybridized carbons (Fsp3) is 0.833. The van der Waals surface area contributed by atoms with Gasteiger partial charge in [0.2, 0.25) is 15.9 Å². The van der Waals surface area contributed by atoms with E-state index in [2.05, 4.69) is 0 Å². The van der Waals surface area contributed by atoms with E-state index in [0.29, 0.717) is 26.1 Å². The lowest BCUT2D eigenvalue weighted by Gasteiger charge is -2.25. The Morgan fingerprint density at radius 1 is 1.30 bits per heavy atom. The van der Waals surface area contributed by atoms with Gasteiger partial charge in [0.15, 0.2) is 0 Å². The van der Waals surface area contributed by atoms with Crippen LogP contribution >= 0.6 is 0 Å². The van der Waals surface area contributed by atoms with Crippen LogP contribution in [0.3, 0.4) is 0 Å². The first-order valence-corrected chi connectivity index (χ1v) is 8.41. The standard InChI is InChI=1S/C12H22N2O5S/c1-3-13(4-2)20(18,19)9-11(15)14-7-5-6-10(14)8-12(16)17/h10H,3-9H2,1-2H3,(H,16,17). The Labute approximate surface area is 119 Å². The molecular weight excluding hydrogens is 284 g/mol. The van der Waals surface area contributed by atoms with Crippen LogP contribution in [0.2, 0.25) is 0 Å². The number of sulfonamides is 1. The molecule has 8 heteroatoms. The molecule has 116 valence electrons. The molecule has 1 aliphatic rings. The van der Waals surface area contributed by atoms with Crippen molar-refractivity contribution in [3.63, 3.8) is 0 Å². The summed E-state index contributed by atoms with van der Waals surface area (Å²) in [7, 11) is -3.62. The Morgan fingerprint density at radius 3 is 2.40 bits per heavy atom. The van der Waals surface area contributed by atoms with E-state index in [1.54, 1.807) is 13.8 Å². The van der Waals surface area contributed by atoms with Crippen molar-refractivity contribution in [1.29, 1.82) is 0 Å². The van der Waals surface area contributed by atoms with E-state index in [9.17, 15) is 18.0 Å². The molecule has 0 bridgehead atoms. The van der Waals surface area contributed by atoms with Gasteiger partial charge in [0, 0.05) is 25.7 Å². The molecular formula is C12H22N2O5S. The first-order valence-electron chi connectivity index (χ1n) is 6.80. The zero-order valence-electron chi connectivity index (χ0n) is 11.9. The SMILES string of the molecule is CCN(CC)S(=O)(=O)CC(=O)N1CCCC1CC(=O)O. The van der Waals surface area contributed by atoms with E-state index in [1.807, 2.05) is 0 Å². The maximum absolute atomic E-state index is 12.1. The molecule has 1 unspecified atom stereocenters. The highest BCUT2D eigenvalue weighted by Crippen LogP contribution is 2.21. The number of rotatable bonds is 7. The van der Waals surface area contributed by atoms with Crippen molar-refractivity contribution in [3.8, 4) is 0 Å². The van der Waals surface area contributed by atoms with E-state index in [4.69, 9.17) is 5.11 Å². The van der Waals surface area contributed by atoms with Gasteiger partial charge >= 0.3 is 5.97 Å². The number of aliphatic carboxylic acids is 1. The minimum atomic E-state index is -3.62. The topological polar surface area (TPSA) is 95.0 Å². The maximum atomic E-state index is 12.1. The van der Waals surface area contributed by atoms with Crippen LogP contribution in [0.5, 0.6) is 0 Å². The summed E-state index contributed by atoms with van der Waals surface area (Å²) in [6.07, 6.45) is 1.20. The molecule has 0 aliphatic carbocycles. The fourth-order valence-corrected chi connectivity index (χ4v) is 3.97. The molecule has 1 N–H and O–H groups in total. The summed E-state index contributed by atoms with van der Waals surface area (Å²) in [5.41, 5.74) is 0. The van der Waals surface area contributed by atoms with E-state index in [1.165, 1.54) is 9.21 Å². The third-order valence-corrected chi connectivity index (χ3v) is 5.43. The molecule has 1 atom stereocenters. The van der Waals surface area contributed by atoms with Crippen molar-refractivity contribution in [2.24, 2.45) is 0 Å². The molecule has 0 aromatic carbocycles. The van der Waals surface area contributed by atoms with Gasteiger partial charge in [0.1, 0.15) is 5.75 Å². The molecule has 1 amide bonds. The number of nitrogens with zero attached hydrogens (tertiary/aromatic N) is 2. The van der Waals surface area contributed by atoms with Crippen molar-refractivity contribution < 1.29 is 23.1 Å². The van der Waals surface area contributed by atoms with Crippen molar-refractivity contribution in [1.82, 2.24) is 9.21 Å². The van der Waals surface area contributed by atoms with Crippen LogP contribution in [0.25, 0.3) is 0 Å². The molecule has 1 fully saturated rings. The van der Waals surface area contributed by atoms with E-state index >= 15 is 0 Å². The number of hydrogen-bond acceptors (Lipinski definition) is 4. The highest BCUT2D eigenvalue weighted by Gasteiger charge is 2.33. The van der Waals surface area contributed by atoms with Crippen molar-refractivity contribution in [3.05, 3.63) is 0 Å². The van der Waals surface area contributed by atoms with Crippen LogP contribution in [0.15, 0.2) is 0 Å². The maximum Gasteiger partial charge on any atom is 0.305 e. The fourth-order valence-electron chi connectivity index (χ4n) is 2.53. The molecule has 0 radical (unpaired) electrons. The van der Waals surface area contributed by atoms with Crippen molar-refractivity contribution in [2.45, 2.75) is 39.2 Å². The smallest absolute Gasteiger partial charge is 0.305 e. The van der Waals surface area contributed by atoms with Gasteiger partial charge in [-0.15, -0.1) is 0 Å². The summed E-state index contributed by atoms with van der Waals surface area (Å²) in [5, 5.41) is 8.81. The molecule has 1 rings (SSSR count). The number of amides is 1. The van der Waals surface area contributed by atoms with Gasteiger partial charge < -0.3 is 10.0 Å². The zero-order chi connectivity index (χ0) is 15.3. The summed E-state index contributed by atoms with van der Waals surface area (Å²) < 4.78 is 25.3. The Morgan fingerprint density at radius 2 is 1.90 bits per heavy atom.